The Bertz CT molecular complexity index is 293. The number of nitrogens with one attached hydrogen (secondary N) is 2. The first-order valence-electron chi connectivity index (χ1n) is 6.60. The first-order chi connectivity index (χ1) is 8.09. The van der Waals surface area contributed by atoms with Crippen LogP contribution in [0.15, 0.2) is 30.3 Å². The van der Waals surface area contributed by atoms with Crippen molar-refractivity contribution in [1.82, 2.24) is 10.6 Å². The molecule has 96 valence electrons. The monoisotopic (exact) mass is 234 g/mol. The van der Waals surface area contributed by atoms with Gasteiger partial charge in [-0.3, -0.25) is 0 Å². The summed E-state index contributed by atoms with van der Waals surface area (Å²) in [5, 5.41) is 7.13. The van der Waals surface area contributed by atoms with E-state index in [1.54, 1.807) is 0 Å². The number of hydrogen-bond donors (Lipinski definition) is 2. The van der Waals surface area contributed by atoms with Crippen LogP contribution in [-0.4, -0.2) is 18.6 Å². The van der Waals surface area contributed by atoms with Crippen molar-refractivity contribution >= 4 is 0 Å². The van der Waals surface area contributed by atoms with E-state index in [1.807, 2.05) is 0 Å². The predicted octanol–water partition coefficient (Wildman–Crippen LogP) is 2.80. The van der Waals surface area contributed by atoms with Crippen LogP contribution in [0.1, 0.15) is 33.3 Å². The van der Waals surface area contributed by atoms with Gasteiger partial charge in [0.25, 0.3) is 0 Å². The number of rotatable bonds is 7. The van der Waals surface area contributed by atoms with Crippen molar-refractivity contribution in [2.24, 2.45) is 5.92 Å². The van der Waals surface area contributed by atoms with Crippen LogP contribution in [0.25, 0.3) is 0 Å². The Morgan fingerprint density at radius 1 is 0.941 bits per heavy atom. The molecule has 1 atom stereocenters. The van der Waals surface area contributed by atoms with Crippen molar-refractivity contribution in [2.45, 2.75) is 46.3 Å². The van der Waals surface area contributed by atoms with Gasteiger partial charge in [-0.05, 0) is 11.5 Å². The molecule has 0 saturated heterocycles. The maximum absolute atomic E-state index is 3.63. The second kappa shape index (κ2) is 7.46. The van der Waals surface area contributed by atoms with Gasteiger partial charge in [-0.1, -0.05) is 58.0 Å². The highest BCUT2D eigenvalue weighted by molar-refractivity contribution is 5.14. The third-order valence-corrected chi connectivity index (χ3v) is 2.96. The van der Waals surface area contributed by atoms with Crippen LogP contribution >= 0.6 is 0 Å². The smallest absolute Gasteiger partial charge is 0.0218 e. The zero-order valence-electron chi connectivity index (χ0n) is 11.5. The van der Waals surface area contributed by atoms with Gasteiger partial charge in [0.2, 0.25) is 0 Å². The normalized spacial score (nSPS) is 13.3. The van der Waals surface area contributed by atoms with Gasteiger partial charge in [0.05, 0.1) is 0 Å². The molecule has 0 heterocycles. The summed E-state index contributed by atoms with van der Waals surface area (Å²) >= 11 is 0. The molecular formula is C15H26N2. The van der Waals surface area contributed by atoms with Crippen molar-refractivity contribution in [3.8, 4) is 0 Å². The lowest BCUT2D eigenvalue weighted by atomic mass is 10.0. The molecule has 1 aromatic rings. The maximum Gasteiger partial charge on any atom is 0.0218 e. The van der Waals surface area contributed by atoms with E-state index in [2.05, 4.69) is 68.7 Å². The molecule has 2 heteroatoms. The van der Waals surface area contributed by atoms with Crippen LogP contribution in [0.3, 0.4) is 0 Å². The lowest BCUT2D eigenvalue weighted by Gasteiger charge is -2.24. The van der Waals surface area contributed by atoms with Crippen LogP contribution in [0, 0.1) is 5.92 Å². The molecule has 0 aliphatic heterocycles. The molecule has 2 N–H and O–H groups in total. The van der Waals surface area contributed by atoms with E-state index < -0.39 is 0 Å². The van der Waals surface area contributed by atoms with E-state index in [0.717, 1.165) is 13.1 Å². The highest BCUT2D eigenvalue weighted by atomic mass is 15.0. The molecule has 2 nitrogen and oxygen atoms in total. The Kier molecular flexibility index (Phi) is 6.23. The average Bonchev–Trinajstić information content (AvgIpc) is 2.29. The van der Waals surface area contributed by atoms with Crippen molar-refractivity contribution in [1.29, 1.82) is 0 Å². The molecule has 0 amide bonds. The maximum atomic E-state index is 3.63. The minimum absolute atomic E-state index is 0.526. The largest absolute Gasteiger partial charge is 0.313 e. The Labute approximate surface area is 106 Å². The Hall–Kier alpha value is -0.860. The second-order valence-electron chi connectivity index (χ2n) is 5.28. The fraction of sp³-hybridized carbons (Fsp3) is 0.600. The lowest BCUT2D eigenvalue weighted by molar-refractivity contribution is 0.366. The summed E-state index contributed by atoms with van der Waals surface area (Å²) in [7, 11) is 0. The van der Waals surface area contributed by atoms with Gasteiger partial charge in [-0.2, -0.15) is 0 Å². The molecular weight excluding hydrogens is 208 g/mol. The van der Waals surface area contributed by atoms with E-state index in [9.17, 15) is 0 Å². The first kappa shape index (κ1) is 14.2. The zero-order chi connectivity index (χ0) is 12.7. The fourth-order valence-corrected chi connectivity index (χ4v) is 1.75. The quantitative estimate of drug-likeness (QED) is 0.758. The molecule has 0 aliphatic rings. The number of benzene rings is 1. The highest BCUT2D eigenvalue weighted by Crippen LogP contribution is 2.04. The van der Waals surface area contributed by atoms with Gasteiger partial charge >= 0.3 is 0 Å². The van der Waals surface area contributed by atoms with Gasteiger partial charge in [-0.15, -0.1) is 0 Å². The van der Waals surface area contributed by atoms with E-state index >= 15 is 0 Å². The molecule has 1 aromatic carbocycles. The van der Waals surface area contributed by atoms with E-state index in [-0.39, 0.29) is 0 Å². The predicted molar refractivity (Wildman–Crippen MR) is 75.0 cm³/mol. The summed E-state index contributed by atoms with van der Waals surface area (Å²) in [6.07, 6.45) is 0. The van der Waals surface area contributed by atoms with Crippen molar-refractivity contribution in [2.75, 3.05) is 6.54 Å². The molecule has 1 unspecified atom stereocenters. The molecule has 0 bridgehead atoms. The molecule has 0 saturated carbocycles. The van der Waals surface area contributed by atoms with Gasteiger partial charge in [0.15, 0.2) is 0 Å². The standard InChI is InChI=1S/C15H26N2/c1-12(2)15(11-16-13(3)4)17-10-14-8-6-5-7-9-14/h5-9,12-13,15-17H,10-11H2,1-4H3. The number of hydrogen-bond acceptors (Lipinski definition) is 2. The van der Waals surface area contributed by atoms with E-state index in [4.69, 9.17) is 0 Å². The fourth-order valence-electron chi connectivity index (χ4n) is 1.75. The van der Waals surface area contributed by atoms with Gasteiger partial charge < -0.3 is 10.6 Å². The lowest BCUT2D eigenvalue weighted by Crippen LogP contribution is -2.43. The van der Waals surface area contributed by atoms with Crippen molar-refractivity contribution < 1.29 is 0 Å². The van der Waals surface area contributed by atoms with Gasteiger partial charge in [0.1, 0.15) is 0 Å². The summed E-state index contributed by atoms with van der Waals surface area (Å²) in [5.41, 5.74) is 1.35. The molecule has 0 spiro atoms. The van der Waals surface area contributed by atoms with Crippen LogP contribution in [0.5, 0.6) is 0 Å². The summed E-state index contributed by atoms with van der Waals surface area (Å²) in [6, 6.07) is 11.7. The van der Waals surface area contributed by atoms with Gasteiger partial charge in [-0.25, -0.2) is 0 Å². The zero-order valence-corrected chi connectivity index (χ0v) is 11.5. The molecule has 0 fully saturated rings. The summed E-state index contributed by atoms with van der Waals surface area (Å²) < 4.78 is 0. The average molecular weight is 234 g/mol. The topological polar surface area (TPSA) is 24.1 Å². The second-order valence-corrected chi connectivity index (χ2v) is 5.28. The molecule has 17 heavy (non-hydrogen) atoms. The Balaban J connectivity index is 2.39. The minimum atomic E-state index is 0.526. The molecule has 1 rings (SSSR count). The highest BCUT2D eigenvalue weighted by Gasteiger charge is 2.12. The third kappa shape index (κ3) is 5.85. The minimum Gasteiger partial charge on any atom is -0.313 e. The van der Waals surface area contributed by atoms with E-state index in [0.29, 0.717) is 18.0 Å². The Morgan fingerprint density at radius 2 is 1.59 bits per heavy atom. The summed E-state index contributed by atoms with van der Waals surface area (Å²) in [6.45, 7) is 10.9. The van der Waals surface area contributed by atoms with Crippen LogP contribution in [0.2, 0.25) is 0 Å². The summed E-state index contributed by atoms with van der Waals surface area (Å²) in [5.74, 6) is 0.643. The van der Waals surface area contributed by atoms with Crippen molar-refractivity contribution in [3.63, 3.8) is 0 Å². The van der Waals surface area contributed by atoms with E-state index in [1.165, 1.54) is 5.56 Å². The molecule has 0 aliphatic carbocycles. The molecule has 0 aromatic heterocycles. The van der Waals surface area contributed by atoms with Crippen molar-refractivity contribution in [3.05, 3.63) is 35.9 Å². The Morgan fingerprint density at radius 3 is 2.12 bits per heavy atom. The van der Waals surface area contributed by atoms with Crippen LogP contribution in [0.4, 0.5) is 0 Å². The molecule has 0 radical (unpaired) electrons. The summed E-state index contributed by atoms with van der Waals surface area (Å²) in [4.78, 5) is 0. The third-order valence-electron chi connectivity index (χ3n) is 2.96. The van der Waals surface area contributed by atoms with Crippen LogP contribution < -0.4 is 10.6 Å². The first-order valence-corrected chi connectivity index (χ1v) is 6.60. The van der Waals surface area contributed by atoms with Crippen LogP contribution in [-0.2, 0) is 6.54 Å². The SMILES string of the molecule is CC(C)NCC(NCc1ccccc1)C(C)C. The van der Waals surface area contributed by atoms with Gasteiger partial charge in [0, 0.05) is 25.2 Å².